The number of carboxylic acids is 1. The number of aromatic carboxylic acids is 1. The summed E-state index contributed by atoms with van der Waals surface area (Å²) in [6, 6.07) is 6.27. The van der Waals surface area contributed by atoms with E-state index in [1.54, 1.807) is 24.3 Å². The summed E-state index contributed by atoms with van der Waals surface area (Å²) in [5.41, 5.74) is 0.686. The molecule has 1 heterocycles. The molecule has 0 amide bonds. The van der Waals surface area contributed by atoms with E-state index in [1.807, 2.05) is 20.8 Å². The highest BCUT2D eigenvalue weighted by Gasteiger charge is 2.39. The van der Waals surface area contributed by atoms with Crippen LogP contribution in [0.4, 0.5) is 0 Å². The zero-order chi connectivity index (χ0) is 14.9. The normalized spacial score (nSPS) is 20.9. The first-order valence-electron chi connectivity index (χ1n) is 6.57. The van der Waals surface area contributed by atoms with Crippen LogP contribution >= 0.6 is 12.4 Å². The summed E-state index contributed by atoms with van der Waals surface area (Å²) in [7, 11) is 0. The van der Waals surface area contributed by atoms with Crippen LogP contribution in [-0.2, 0) is 9.53 Å². The molecule has 0 aliphatic carbocycles. The monoisotopic (exact) mass is 313 g/mol. The number of rotatable bonds is 3. The van der Waals surface area contributed by atoms with E-state index in [4.69, 9.17) is 9.84 Å². The van der Waals surface area contributed by atoms with E-state index in [0.29, 0.717) is 6.54 Å². The first-order valence-corrected chi connectivity index (χ1v) is 6.57. The third kappa shape index (κ3) is 4.19. The molecule has 1 saturated heterocycles. The Hall–Kier alpha value is -1.59. The Bertz CT molecular complexity index is 521. The third-order valence-electron chi connectivity index (χ3n) is 3.21. The maximum absolute atomic E-state index is 12.0. The molecule has 0 bridgehead atoms. The highest BCUT2D eigenvalue weighted by Crippen LogP contribution is 2.28. The van der Waals surface area contributed by atoms with Gasteiger partial charge in [-0.05, 0) is 38.5 Å². The first kappa shape index (κ1) is 17.5. The maximum atomic E-state index is 12.0. The molecule has 2 N–H and O–H groups in total. The molecule has 21 heavy (non-hydrogen) atoms. The van der Waals surface area contributed by atoms with Gasteiger partial charge in [0.25, 0.3) is 0 Å². The molecular weight excluding hydrogens is 294 g/mol. The van der Waals surface area contributed by atoms with Crippen molar-refractivity contribution >= 4 is 24.3 Å². The van der Waals surface area contributed by atoms with E-state index in [1.165, 1.54) is 0 Å². The van der Waals surface area contributed by atoms with Crippen LogP contribution in [0, 0.1) is 0 Å². The number of ether oxygens (including phenoxy) is 1. The van der Waals surface area contributed by atoms with Gasteiger partial charge in [0.1, 0.15) is 11.6 Å². The molecule has 1 fully saturated rings. The molecule has 1 aliphatic heterocycles. The second kappa shape index (κ2) is 6.45. The van der Waals surface area contributed by atoms with Gasteiger partial charge in [0, 0.05) is 12.5 Å². The topological polar surface area (TPSA) is 75.6 Å². The van der Waals surface area contributed by atoms with Crippen molar-refractivity contribution in [2.24, 2.45) is 0 Å². The average Bonchev–Trinajstić information content (AvgIpc) is 2.25. The smallest absolute Gasteiger partial charge is 0.335 e. The van der Waals surface area contributed by atoms with Crippen molar-refractivity contribution in [3.8, 4) is 0 Å². The summed E-state index contributed by atoms with van der Waals surface area (Å²) < 4.78 is 5.36. The molecule has 0 spiro atoms. The molecule has 116 valence electrons. The van der Waals surface area contributed by atoms with Crippen LogP contribution in [0.2, 0.25) is 0 Å². The SMILES string of the molecule is CC(C)(C)OC(=O)[C@@H]1NC[C@H]1c1ccc(C(=O)O)cc1.Cl. The van der Waals surface area contributed by atoms with Crippen molar-refractivity contribution in [3.63, 3.8) is 0 Å². The number of hydrogen-bond acceptors (Lipinski definition) is 4. The number of benzene rings is 1. The van der Waals surface area contributed by atoms with Gasteiger partial charge in [-0.1, -0.05) is 12.1 Å². The van der Waals surface area contributed by atoms with Gasteiger partial charge in [0.2, 0.25) is 0 Å². The van der Waals surface area contributed by atoms with Gasteiger partial charge >= 0.3 is 11.9 Å². The standard InChI is InChI=1S/C15H19NO4.ClH/c1-15(2,3)20-14(19)12-11(8-16-12)9-4-6-10(7-5-9)13(17)18;/h4-7,11-12,16H,8H2,1-3H3,(H,17,18);1H/t11-,12+;/m0./s1. The van der Waals surface area contributed by atoms with E-state index < -0.39 is 11.6 Å². The second-order valence-corrected chi connectivity index (χ2v) is 5.95. The molecule has 5 nitrogen and oxygen atoms in total. The Morgan fingerprint density at radius 1 is 1.24 bits per heavy atom. The van der Waals surface area contributed by atoms with Gasteiger partial charge < -0.3 is 15.2 Å². The summed E-state index contributed by atoms with van der Waals surface area (Å²) >= 11 is 0. The number of hydrogen-bond donors (Lipinski definition) is 2. The fourth-order valence-electron chi connectivity index (χ4n) is 2.15. The van der Waals surface area contributed by atoms with Crippen molar-refractivity contribution in [1.29, 1.82) is 0 Å². The second-order valence-electron chi connectivity index (χ2n) is 5.95. The third-order valence-corrected chi connectivity index (χ3v) is 3.21. The Balaban J connectivity index is 0.00000220. The van der Waals surface area contributed by atoms with Gasteiger partial charge in [-0.3, -0.25) is 4.79 Å². The quantitative estimate of drug-likeness (QED) is 0.837. The number of carbonyl (C=O) groups is 2. The minimum Gasteiger partial charge on any atom is -0.478 e. The number of halogens is 1. The molecule has 1 aromatic carbocycles. The van der Waals surface area contributed by atoms with Crippen molar-refractivity contribution < 1.29 is 19.4 Å². The predicted octanol–water partition coefficient (Wildman–Crippen LogP) is 2.20. The summed E-state index contributed by atoms with van der Waals surface area (Å²) in [5, 5.41) is 11.9. The fraction of sp³-hybridized carbons (Fsp3) is 0.467. The zero-order valence-corrected chi connectivity index (χ0v) is 13.1. The summed E-state index contributed by atoms with van der Waals surface area (Å²) in [6.45, 7) is 6.19. The van der Waals surface area contributed by atoms with Gasteiger partial charge in [-0.25, -0.2) is 4.79 Å². The van der Waals surface area contributed by atoms with Crippen LogP contribution < -0.4 is 5.32 Å². The lowest BCUT2D eigenvalue weighted by molar-refractivity contribution is -0.160. The summed E-state index contributed by atoms with van der Waals surface area (Å²) in [4.78, 5) is 22.8. The predicted molar refractivity (Wildman–Crippen MR) is 81.0 cm³/mol. The van der Waals surface area contributed by atoms with E-state index in [0.717, 1.165) is 5.56 Å². The van der Waals surface area contributed by atoms with Gasteiger partial charge in [0.05, 0.1) is 5.56 Å². The van der Waals surface area contributed by atoms with E-state index in [9.17, 15) is 9.59 Å². The summed E-state index contributed by atoms with van der Waals surface area (Å²) in [6.07, 6.45) is 0. The largest absolute Gasteiger partial charge is 0.478 e. The first-order chi connectivity index (χ1) is 9.28. The molecule has 0 radical (unpaired) electrons. The maximum Gasteiger partial charge on any atom is 0.335 e. The lowest BCUT2D eigenvalue weighted by Gasteiger charge is -2.38. The number of nitrogens with one attached hydrogen (secondary N) is 1. The molecule has 1 aromatic rings. The zero-order valence-electron chi connectivity index (χ0n) is 12.3. The van der Waals surface area contributed by atoms with Gasteiger partial charge in [0.15, 0.2) is 0 Å². The Morgan fingerprint density at radius 3 is 2.19 bits per heavy atom. The molecule has 2 atom stereocenters. The Morgan fingerprint density at radius 2 is 1.81 bits per heavy atom. The van der Waals surface area contributed by atoms with Crippen molar-refractivity contribution in [3.05, 3.63) is 35.4 Å². The van der Waals surface area contributed by atoms with Crippen molar-refractivity contribution in [2.75, 3.05) is 6.54 Å². The van der Waals surface area contributed by atoms with Crippen LogP contribution in [0.5, 0.6) is 0 Å². The van der Waals surface area contributed by atoms with Crippen LogP contribution in [0.3, 0.4) is 0 Å². The summed E-state index contributed by atoms with van der Waals surface area (Å²) in [5.74, 6) is -1.18. The number of carbonyl (C=O) groups excluding carboxylic acids is 1. The number of esters is 1. The molecule has 2 rings (SSSR count). The lowest BCUT2D eigenvalue weighted by Crippen LogP contribution is -2.57. The van der Waals surface area contributed by atoms with Crippen LogP contribution in [0.1, 0.15) is 42.6 Å². The van der Waals surface area contributed by atoms with Gasteiger partial charge in [-0.15, -0.1) is 12.4 Å². The minimum atomic E-state index is -0.952. The Kier molecular flexibility index (Phi) is 5.36. The fourth-order valence-corrected chi connectivity index (χ4v) is 2.15. The molecule has 1 aliphatic rings. The van der Waals surface area contributed by atoms with Crippen LogP contribution in [-0.4, -0.2) is 35.2 Å². The molecule has 0 aromatic heterocycles. The molecule has 6 heteroatoms. The van der Waals surface area contributed by atoms with E-state index in [-0.39, 0.29) is 35.9 Å². The minimum absolute atomic E-state index is 0. The van der Waals surface area contributed by atoms with Crippen LogP contribution in [0.15, 0.2) is 24.3 Å². The number of carboxylic acid groups (broad SMARTS) is 1. The van der Waals surface area contributed by atoms with Crippen molar-refractivity contribution in [2.45, 2.75) is 38.3 Å². The molecule has 0 unspecified atom stereocenters. The molecular formula is C15H20ClNO4. The average molecular weight is 314 g/mol. The van der Waals surface area contributed by atoms with E-state index >= 15 is 0 Å². The van der Waals surface area contributed by atoms with Crippen molar-refractivity contribution in [1.82, 2.24) is 5.32 Å². The Labute approximate surface area is 130 Å². The van der Waals surface area contributed by atoms with Gasteiger partial charge in [-0.2, -0.15) is 0 Å². The highest BCUT2D eigenvalue weighted by molar-refractivity contribution is 5.87. The van der Waals surface area contributed by atoms with E-state index in [2.05, 4.69) is 5.32 Å². The lowest BCUT2D eigenvalue weighted by atomic mass is 9.84. The molecule has 0 saturated carbocycles. The highest BCUT2D eigenvalue weighted by atomic mass is 35.5. The van der Waals surface area contributed by atoms with Crippen LogP contribution in [0.25, 0.3) is 0 Å².